The van der Waals surface area contributed by atoms with Gasteiger partial charge in [-0.15, -0.1) is 0 Å². The molecule has 0 saturated heterocycles. The lowest BCUT2D eigenvalue weighted by atomic mass is 10.6. The lowest BCUT2D eigenvalue weighted by Crippen LogP contribution is -2.07. The van der Waals surface area contributed by atoms with Crippen molar-refractivity contribution in [2.24, 2.45) is 0 Å². The molecule has 0 heterocycles. The Kier molecular flexibility index (Phi) is 11.6. The van der Waals surface area contributed by atoms with Crippen LogP contribution in [0.5, 0.6) is 0 Å². The summed E-state index contributed by atoms with van der Waals surface area (Å²) in [7, 11) is -1.27. The molecule has 0 aromatic rings. The second-order valence-electron chi connectivity index (χ2n) is 3.31. The van der Waals surface area contributed by atoms with E-state index >= 15 is 0 Å². The molecule has 0 aliphatic heterocycles. The summed E-state index contributed by atoms with van der Waals surface area (Å²) < 4.78 is 22.6. The molecule has 2 nitrogen and oxygen atoms in total. The molecule has 0 radical (unpaired) electrons. The van der Waals surface area contributed by atoms with Crippen LogP contribution in [0.15, 0.2) is 0 Å². The van der Waals surface area contributed by atoms with Crippen molar-refractivity contribution in [3.63, 3.8) is 0 Å². The molecule has 2 unspecified atom stereocenters. The predicted molar refractivity (Wildman–Crippen MR) is 73.7 cm³/mol. The fourth-order valence-corrected chi connectivity index (χ4v) is 5.02. The van der Waals surface area contributed by atoms with Crippen LogP contribution in [0, 0.1) is 0 Å². The Morgan fingerprint density at radius 2 is 1.20 bits per heavy atom. The molecule has 5 heteroatoms. The zero-order chi connectivity index (χ0) is 11.5. The standard InChI is InChI=1S/C10H22O2S3/c1-3-7-14(11)9-5-13-6-10-15(12)8-4-2/h3-10H2,1-2H3. The molecular weight excluding hydrogens is 248 g/mol. The summed E-state index contributed by atoms with van der Waals surface area (Å²) in [6.45, 7) is 4.11. The fourth-order valence-electron chi connectivity index (χ4n) is 1.07. The van der Waals surface area contributed by atoms with Gasteiger partial charge in [0.15, 0.2) is 0 Å². The first-order valence-corrected chi connectivity index (χ1v) is 9.61. The summed E-state index contributed by atoms with van der Waals surface area (Å²) in [5, 5.41) is 0. The van der Waals surface area contributed by atoms with Gasteiger partial charge in [-0.1, -0.05) is 13.8 Å². The first-order chi connectivity index (χ1) is 7.20. The highest BCUT2D eigenvalue weighted by Crippen LogP contribution is 2.02. The number of rotatable bonds is 10. The minimum absolute atomic E-state index is 0.634. The van der Waals surface area contributed by atoms with Crippen LogP contribution in [0.3, 0.4) is 0 Å². The van der Waals surface area contributed by atoms with Crippen molar-refractivity contribution in [3.8, 4) is 0 Å². The van der Waals surface area contributed by atoms with E-state index in [2.05, 4.69) is 13.8 Å². The highest BCUT2D eigenvalue weighted by molar-refractivity contribution is 8.00. The maximum absolute atomic E-state index is 11.3. The normalized spacial score (nSPS) is 15.1. The Bertz CT molecular complexity index is 175. The molecule has 0 bridgehead atoms. The molecule has 0 aromatic heterocycles. The molecule has 0 amide bonds. The van der Waals surface area contributed by atoms with E-state index in [-0.39, 0.29) is 0 Å². The van der Waals surface area contributed by atoms with Crippen molar-refractivity contribution in [3.05, 3.63) is 0 Å². The van der Waals surface area contributed by atoms with Gasteiger partial charge < -0.3 is 0 Å². The highest BCUT2D eigenvalue weighted by atomic mass is 32.2. The van der Waals surface area contributed by atoms with Crippen molar-refractivity contribution >= 4 is 33.4 Å². The predicted octanol–water partition coefficient (Wildman–Crippen LogP) is 2.04. The highest BCUT2D eigenvalue weighted by Gasteiger charge is 2.00. The van der Waals surface area contributed by atoms with Crippen LogP contribution in [0.4, 0.5) is 0 Å². The van der Waals surface area contributed by atoms with Crippen LogP contribution in [0.2, 0.25) is 0 Å². The average molecular weight is 270 g/mol. The average Bonchev–Trinajstić information content (AvgIpc) is 2.18. The van der Waals surface area contributed by atoms with Crippen molar-refractivity contribution < 1.29 is 8.42 Å². The van der Waals surface area contributed by atoms with Crippen LogP contribution < -0.4 is 0 Å². The van der Waals surface area contributed by atoms with E-state index in [1.807, 2.05) is 0 Å². The van der Waals surface area contributed by atoms with E-state index in [0.717, 1.165) is 47.4 Å². The summed E-state index contributed by atoms with van der Waals surface area (Å²) >= 11 is 1.78. The summed E-state index contributed by atoms with van der Waals surface area (Å²) in [5.74, 6) is 5.11. The Labute approximate surface area is 103 Å². The lowest BCUT2D eigenvalue weighted by molar-refractivity contribution is 0.682. The topological polar surface area (TPSA) is 34.1 Å². The van der Waals surface area contributed by atoms with E-state index in [4.69, 9.17) is 0 Å². The minimum atomic E-state index is -0.634. The van der Waals surface area contributed by atoms with E-state index in [1.165, 1.54) is 0 Å². The van der Waals surface area contributed by atoms with E-state index in [9.17, 15) is 8.42 Å². The van der Waals surface area contributed by atoms with E-state index < -0.39 is 21.6 Å². The second-order valence-corrected chi connectivity index (χ2v) is 7.93. The molecule has 0 aliphatic rings. The van der Waals surface area contributed by atoms with E-state index in [1.54, 1.807) is 11.8 Å². The quantitative estimate of drug-likeness (QED) is 0.570. The van der Waals surface area contributed by atoms with Crippen LogP contribution in [-0.2, 0) is 21.6 Å². The zero-order valence-electron chi connectivity index (χ0n) is 9.70. The minimum Gasteiger partial charge on any atom is -0.260 e. The van der Waals surface area contributed by atoms with Crippen molar-refractivity contribution in [2.45, 2.75) is 26.7 Å². The molecule has 2 atom stereocenters. The molecule has 0 rings (SSSR count). The Balaban J connectivity index is 3.24. The molecule has 0 saturated carbocycles. The molecular formula is C10H22O2S3. The molecule has 0 spiro atoms. The Morgan fingerprint density at radius 3 is 1.53 bits per heavy atom. The van der Waals surface area contributed by atoms with Gasteiger partial charge in [0.25, 0.3) is 0 Å². The van der Waals surface area contributed by atoms with Gasteiger partial charge in [-0.05, 0) is 12.8 Å². The maximum atomic E-state index is 11.3. The van der Waals surface area contributed by atoms with Crippen LogP contribution >= 0.6 is 11.8 Å². The fraction of sp³-hybridized carbons (Fsp3) is 1.00. The third-order valence-electron chi connectivity index (χ3n) is 1.77. The van der Waals surface area contributed by atoms with Gasteiger partial charge in [0.2, 0.25) is 0 Å². The number of hydrogen-bond acceptors (Lipinski definition) is 3. The molecule has 0 aromatic carbocycles. The third kappa shape index (κ3) is 10.9. The van der Waals surface area contributed by atoms with E-state index in [0.29, 0.717) is 0 Å². The molecule has 92 valence electrons. The monoisotopic (exact) mass is 270 g/mol. The summed E-state index contributed by atoms with van der Waals surface area (Å²) in [6.07, 6.45) is 2.00. The maximum Gasteiger partial charge on any atom is 0.0325 e. The summed E-state index contributed by atoms with van der Waals surface area (Å²) in [6, 6.07) is 0. The molecule has 15 heavy (non-hydrogen) atoms. The van der Waals surface area contributed by atoms with Gasteiger partial charge >= 0.3 is 0 Å². The van der Waals surface area contributed by atoms with Gasteiger partial charge in [-0.2, -0.15) is 11.8 Å². The van der Waals surface area contributed by atoms with Crippen molar-refractivity contribution in [1.82, 2.24) is 0 Å². The second kappa shape index (κ2) is 11.1. The summed E-state index contributed by atoms with van der Waals surface area (Å²) in [5.41, 5.74) is 0. The Morgan fingerprint density at radius 1 is 0.800 bits per heavy atom. The van der Waals surface area contributed by atoms with Crippen molar-refractivity contribution in [1.29, 1.82) is 0 Å². The van der Waals surface area contributed by atoms with Gasteiger partial charge in [0, 0.05) is 56.1 Å². The van der Waals surface area contributed by atoms with Gasteiger partial charge in [-0.25, -0.2) is 0 Å². The number of hydrogen-bond donors (Lipinski definition) is 0. The first-order valence-electron chi connectivity index (χ1n) is 5.48. The third-order valence-corrected chi connectivity index (χ3v) is 6.32. The zero-order valence-corrected chi connectivity index (χ0v) is 12.1. The van der Waals surface area contributed by atoms with Gasteiger partial charge in [0.1, 0.15) is 0 Å². The van der Waals surface area contributed by atoms with Crippen LogP contribution in [0.25, 0.3) is 0 Å². The lowest BCUT2D eigenvalue weighted by Gasteiger charge is -2.01. The first kappa shape index (κ1) is 15.7. The number of thioether (sulfide) groups is 1. The van der Waals surface area contributed by atoms with Crippen LogP contribution in [0.1, 0.15) is 26.7 Å². The SMILES string of the molecule is CCCS(=O)CCSCCS(=O)CCC. The van der Waals surface area contributed by atoms with Gasteiger partial charge in [0.05, 0.1) is 0 Å². The van der Waals surface area contributed by atoms with Crippen LogP contribution in [-0.4, -0.2) is 42.9 Å². The largest absolute Gasteiger partial charge is 0.260 e. The summed E-state index contributed by atoms with van der Waals surface area (Å²) in [4.78, 5) is 0. The molecule has 0 aliphatic carbocycles. The van der Waals surface area contributed by atoms with Crippen molar-refractivity contribution in [2.75, 3.05) is 34.5 Å². The molecule has 0 N–H and O–H groups in total. The van der Waals surface area contributed by atoms with Gasteiger partial charge in [-0.3, -0.25) is 8.42 Å². The molecule has 0 fully saturated rings. The smallest absolute Gasteiger partial charge is 0.0325 e. The Hall–Kier alpha value is 0.650.